The molecule has 1 atom stereocenters. The van der Waals surface area contributed by atoms with Gasteiger partial charge in [0.2, 0.25) is 5.91 Å². The van der Waals surface area contributed by atoms with Crippen LogP contribution in [0.3, 0.4) is 0 Å². The van der Waals surface area contributed by atoms with Crippen molar-refractivity contribution in [3.63, 3.8) is 0 Å². The molecule has 0 aromatic heterocycles. The number of benzene rings is 4. The van der Waals surface area contributed by atoms with Gasteiger partial charge in [-0.3, -0.25) is 9.59 Å². The molecule has 0 radical (unpaired) electrons. The van der Waals surface area contributed by atoms with Crippen LogP contribution in [0.5, 0.6) is 11.5 Å². The number of hydrogen-bond acceptors (Lipinski definition) is 7. The second-order valence-corrected chi connectivity index (χ2v) is 11.0. The first-order valence-electron chi connectivity index (χ1n) is 15.2. The third-order valence-corrected chi connectivity index (χ3v) is 8.06. The average molecular weight is 607 g/mol. The molecule has 1 fully saturated rings. The Bertz CT molecular complexity index is 1600. The molecule has 0 spiro atoms. The minimum Gasteiger partial charge on any atom is -0.497 e. The summed E-state index contributed by atoms with van der Waals surface area (Å²) in [6.07, 6.45) is 3.24. The third-order valence-electron chi connectivity index (χ3n) is 8.06. The number of amides is 1. The van der Waals surface area contributed by atoms with Crippen molar-refractivity contribution in [1.82, 2.24) is 0 Å². The number of ketones is 1. The van der Waals surface area contributed by atoms with E-state index in [1.54, 1.807) is 42.3 Å². The SMILES string of the molecule is COC(=O)[C@H](Cc1ccc(OCCN(C(=O)C2CCC2)c2cccc(OC)c2)cc1)Nc1ccccc1C(=O)c1ccccc1. The number of nitrogens with zero attached hydrogens (tertiary/aromatic N) is 1. The van der Waals surface area contributed by atoms with E-state index in [1.807, 2.05) is 72.8 Å². The van der Waals surface area contributed by atoms with Crippen LogP contribution in [0, 0.1) is 5.92 Å². The van der Waals surface area contributed by atoms with E-state index in [2.05, 4.69) is 5.32 Å². The first-order chi connectivity index (χ1) is 22.0. The molecular formula is C37H38N2O6. The van der Waals surface area contributed by atoms with E-state index in [0.717, 1.165) is 30.5 Å². The lowest BCUT2D eigenvalue weighted by Gasteiger charge is -2.32. The van der Waals surface area contributed by atoms with Crippen molar-refractivity contribution in [2.24, 2.45) is 5.92 Å². The van der Waals surface area contributed by atoms with Crippen LogP contribution in [0.2, 0.25) is 0 Å². The maximum absolute atomic E-state index is 13.2. The number of rotatable bonds is 14. The zero-order valence-corrected chi connectivity index (χ0v) is 25.6. The van der Waals surface area contributed by atoms with Gasteiger partial charge in [0.1, 0.15) is 24.1 Å². The normalized spacial score (nSPS) is 13.2. The fourth-order valence-electron chi connectivity index (χ4n) is 5.31. The third kappa shape index (κ3) is 7.89. The maximum atomic E-state index is 13.2. The summed E-state index contributed by atoms with van der Waals surface area (Å²) < 4.78 is 16.5. The Hall–Kier alpha value is -5.11. The average Bonchev–Trinajstić information content (AvgIpc) is 3.06. The van der Waals surface area contributed by atoms with E-state index in [9.17, 15) is 14.4 Å². The molecule has 45 heavy (non-hydrogen) atoms. The quantitative estimate of drug-likeness (QED) is 0.132. The topological polar surface area (TPSA) is 94.2 Å². The molecule has 8 nitrogen and oxygen atoms in total. The Kier molecular flexibility index (Phi) is 10.5. The lowest BCUT2D eigenvalue weighted by Crippen LogP contribution is -2.41. The summed E-state index contributed by atoms with van der Waals surface area (Å²) >= 11 is 0. The van der Waals surface area contributed by atoms with Gasteiger partial charge in [0.25, 0.3) is 0 Å². The van der Waals surface area contributed by atoms with Gasteiger partial charge < -0.3 is 24.4 Å². The van der Waals surface area contributed by atoms with Crippen LogP contribution in [0.4, 0.5) is 11.4 Å². The lowest BCUT2D eigenvalue weighted by atomic mass is 9.84. The van der Waals surface area contributed by atoms with E-state index < -0.39 is 12.0 Å². The number of esters is 1. The monoisotopic (exact) mass is 606 g/mol. The molecule has 4 aromatic carbocycles. The Labute approximate surface area is 263 Å². The number of carbonyl (C=O) groups excluding carboxylic acids is 3. The predicted molar refractivity (Wildman–Crippen MR) is 174 cm³/mol. The molecule has 8 heteroatoms. The predicted octanol–water partition coefficient (Wildman–Crippen LogP) is 6.33. The van der Waals surface area contributed by atoms with Crippen molar-refractivity contribution < 1.29 is 28.6 Å². The first kappa shape index (κ1) is 31.3. The second-order valence-electron chi connectivity index (χ2n) is 11.0. The largest absolute Gasteiger partial charge is 0.497 e. The molecule has 0 unspecified atom stereocenters. The van der Waals surface area contributed by atoms with Crippen LogP contribution >= 0.6 is 0 Å². The van der Waals surface area contributed by atoms with E-state index in [4.69, 9.17) is 14.2 Å². The summed E-state index contributed by atoms with van der Waals surface area (Å²) in [6, 6.07) is 30.5. The molecular weight excluding hydrogens is 568 g/mol. The molecule has 0 bridgehead atoms. The molecule has 232 valence electrons. The standard InChI is InChI=1S/C37H38N2O6/c1-43-31-15-9-14-29(25-31)39(36(41)28-12-8-13-28)22-23-45-30-20-18-26(19-21-30)24-34(37(42)44-2)38-33-17-7-6-16-32(33)35(40)27-10-4-3-5-11-27/h3-7,9-11,14-21,25,28,34,38H,8,12-13,22-24H2,1-2H3/t34-/m0/s1. The van der Waals surface area contributed by atoms with Gasteiger partial charge in [-0.1, -0.05) is 67.1 Å². The number of ether oxygens (including phenoxy) is 3. The molecule has 1 amide bonds. The summed E-state index contributed by atoms with van der Waals surface area (Å²) in [7, 11) is 2.96. The number of para-hydroxylation sites is 1. The summed E-state index contributed by atoms with van der Waals surface area (Å²) in [5, 5.41) is 3.24. The molecule has 4 aromatic rings. The van der Waals surface area contributed by atoms with Crippen molar-refractivity contribution in [3.8, 4) is 11.5 Å². The van der Waals surface area contributed by atoms with Crippen molar-refractivity contribution in [1.29, 1.82) is 0 Å². The smallest absolute Gasteiger partial charge is 0.328 e. The van der Waals surface area contributed by atoms with Gasteiger partial charge in [-0.2, -0.15) is 0 Å². The first-order valence-corrected chi connectivity index (χ1v) is 15.2. The van der Waals surface area contributed by atoms with E-state index in [1.165, 1.54) is 7.11 Å². The highest BCUT2D eigenvalue weighted by atomic mass is 16.5. The lowest BCUT2D eigenvalue weighted by molar-refractivity contribution is -0.141. The Balaban J connectivity index is 1.23. The van der Waals surface area contributed by atoms with Crippen molar-refractivity contribution in [2.75, 3.05) is 37.6 Å². The van der Waals surface area contributed by atoms with E-state index in [0.29, 0.717) is 47.9 Å². The number of hydrogen-bond donors (Lipinski definition) is 1. The van der Waals surface area contributed by atoms with E-state index in [-0.39, 0.29) is 17.6 Å². The highest BCUT2D eigenvalue weighted by molar-refractivity contribution is 6.12. The number of nitrogens with one attached hydrogen (secondary N) is 1. The van der Waals surface area contributed by atoms with Gasteiger partial charge in [-0.15, -0.1) is 0 Å². The van der Waals surface area contributed by atoms with Crippen molar-refractivity contribution in [2.45, 2.75) is 31.7 Å². The van der Waals surface area contributed by atoms with Crippen LogP contribution in [-0.2, 0) is 20.7 Å². The van der Waals surface area contributed by atoms with Gasteiger partial charge in [0.15, 0.2) is 5.78 Å². The number of methoxy groups -OCH3 is 2. The van der Waals surface area contributed by atoms with Crippen LogP contribution in [0.1, 0.15) is 40.7 Å². The van der Waals surface area contributed by atoms with Gasteiger partial charge >= 0.3 is 5.97 Å². The Morgan fingerprint density at radius 1 is 0.844 bits per heavy atom. The fraction of sp³-hybridized carbons (Fsp3) is 0.270. The zero-order chi connectivity index (χ0) is 31.6. The van der Waals surface area contributed by atoms with Crippen LogP contribution in [-0.4, -0.2) is 51.1 Å². The molecule has 1 aliphatic rings. The number of carbonyl (C=O) groups is 3. The highest BCUT2D eigenvalue weighted by Crippen LogP contribution is 2.31. The highest BCUT2D eigenvalue weighted by Gasteiger charge is 2.30. The molecule has 1 saturated carbocycles. The zero-order valence-electron chi connectivity index (χ0n) is 25.6. The van der Waals surface area contributed by atoms with Gasteiger partial charge in [-0.25, -0.2) is 4.79 Å². The van der Waals surface area contributed by atoms with Crippen molar-refractivity contribution in [3.05, 3.63) is 120 Å². The minimum absolute atomic E-state index is 0.0512. The summed E-state index contributed by atoms with van der Waals surface area (Å²) in [5.41, 5.74) is 3.27. The molecule has 0 aliphatic heterocycles. The van der Waals surface area contributed by atoms with Crippen LogP contribution < -0.4 is 19.7 Å². The van der Waals surface area contributed by atoms with Crippen LogP contribution in [0.15, 0.2) is 103 Å². The van der Waals surface area contributed by atoms with Crippen LogP contribution in [0.25, 0.3) is 0 Å². The summed E-state index contributed by atoms with van der Waals surface area (Å²) in [4.78, 5) is 41.0. The fourth-order valence-corrected chi connectivity index (χ4v) is 5.31. The molecule has 1 aliphatic carbocycles. The minimum atomic E-state index is -0.722. The maximum Gasteiger partial charge on any atom is 0.328 e. The Morgan fingerprint density at radius 2 is 1.58 bits per heavy atom. The summed E-state index contributed by atoms with van der Waals surface area (Å²) in [5.74, 6) is 0.939. The van der Waals surface area contributed by atoms with E-state index >= 15 is 0 Å². The molecule has 0 heterocycles. The molecule has 5 rings (SSSR count). The van der Waals surface area contributed by atoms with Gasteiger partial charge in [-0.05, 0) is 54.8 Å². The van der Waals surface area contributed by atoms with Gasteiger partial charge in [0.05, 0.1) is 20.8 Å². The second kappa shape index (κ2) is 15.1. The molecule has 0 saturated heterocycles. The van der Waals surface area contributed by atoms with Crippen molar-refractivity contribution >= 4 is 29.0 Å². The number of anilines is 2. The van der Waals surface area contributed by atoms with Gasteiger partial charge in [0, 0.05) is 40.9 Å². The Morgan fingerprint density at radius 3 is 2.27 bits per heavy atom. The summed E-state index contributed by atoms with van der Waals surface area (Å²) in [6.45, 7) is 0.716. The molecule has 1 N–H and O–H groups in total.